The van der Waals surface area contributed by atoms with Crippen molar-refractivity contribution in [2.75, 3.05) is 0 Å². The first-order chi connectivity index (χ1) is 15.6. The first-order valence-electron chi connectivity index (χ1n) is 11.9. The molecule has 1 nitrogen and oxygen atoms in total. The summed E-state index contributed by atoms with van der Waals surface area (Å²) in [5.74, 6) is 1.74. The Labute approximate surface area is 191 Å². The van der Waals surface area contributed by atoms with E-state index in [2.05, 4.69) is 61.5 Å². The van der Waals surface area contributed by atoms with Crippen LogP contribution >= 0.6 is 0 Å². The molecule has 0 aliphatic heterocycles. The predicted molar refractivity (Wildman–Crippen MR) is 129 cm³/mol. The zero-order chi connectivity index (χ0) is 22.3. The van der Waals surface area contributed by atoms with Crippen LogP contribution in [0.25, 0.3) is 0 Å². The molecule has 1 saturated carbocycles. The average Bonchev–Trinajstić information content (AvgIpc) is 2.84. The molecule has 4 rings (SSSR count). The number of hydrogen-bond acceptors (Lipinski definition) is 1. The topological polar surface area (TPSA) is 23.8 Å². The van der Waals surface area contributed by atoms with Crippen LogP contribution < -0.4 is 0 Å². The van der Waals surface area contributed by atoms with Crippen LogP contribution in [0, 0.1) is 23.1 Å². The maximum absolute atomic E-state index is 13.8. The Morgan fingerprint density at radius 3 is 2.19 bits per heavy atom. The Kier molecular flexibility index (Phi) is 7.38. The Bertz CT molecular complexity index is 1040. The molecule has 1 unspecified atom stereocenters. The van der Waals surface area contributed by atoms with Crippen LogP contribution in [0.15, 0.2) is 72.8 Å². The summed E-state index contributed by atoms with van der Waals surface area (Å²) in [5.41, 5.74) is 5.27. The van der Waals surface area contributed by atoms with E-state index in [1.807, 2.05) is 12.1 Å². The molecule has 1 aliphatic carbocycles. The SMILES string of the molecule is CC(CC1CCC(c2ccc(CCc3ccc(C#N)c(F)c3)cc2)CC1)c1ccccc1. The minimum Gasteiger partial charge on any atom is -0.206 e. The normalized spacial score (nSPS) is 19.3. The number of rotatable bonds is 7. The maximum atomic E-state index is 13.8. The molecule has 0 bridgehead atoms. The number of benzene rings is 3. The van der Waals surface area contributed by atoms with Gasteiger partial charge in [-0.3, -0.25) is 0 Å². The van der Waals surface area contributed by atoms with Gasteiger partial charge in [0, 0.05) is 0 Å². The number of aryl methyl sites for hydroxylation is 2. The van der Waals surface area contributed by atoms with Gasteiger partial charge in [0.1, 0.15) is 11.9 Å². The summed E-state index contributed by atoms with van der Waals surface area (Å²) in [6.45, 7) is 2.37. The van der Waals surface area contributed by atoms with E-state index in [1.54, 1.807) is 6.07 Å². The minimum atomic E-state index is -0.422. The highest BCUT2D eigenvalue weighted by molar-refractivity contribution is 5.34. The minimum absolute atomic E-state index is 0.113. The lowest BCUT2D eigenvalue weighted by Gasteiger charge is -2.30. The average molecular weight is 426 g/mol. The fraction of sp³-hybridized carbons (Fsp3) is 0.367. The third-order valence-electron chi connectivity index (χ3n) is 7.21. The maximum Gasteiger partial charge on any atom is 0.141 e. The standard InChI is InChI=1S/C30H32FN/c1-22(26-5-3-2-4-6-26)19-24-11-16-28(17-12-24)27-14-9-23(10-15-27)7-8-25-13-18-29(21-32)30(31)20-25/h2-6,9-10,13-15,18,20,22,24,28H,7-8,11-12,16-17,19H2,1H3. The van der Waals surface area contributed by atoms with Crippen molar-refractivity contribution >= 4 is 0 Å². The van der Waals surface area contributed by atoms with Crippen molar-refractivity contribution in [3.8, 4) is 6.07 Å². The van der Waals surface area contributed by atoms with Gasteiger partial charge in [0.25, 0.3) is 0 Å². The van der Waals surface area contributed by atoms with Crippen LogP contribution in [0.4, 0.5) is 4.39 Å². The quantitative estimate of drug-likeness (QED) is 0.377. The smallest absolute Gasteiger partial charge is 0.141 e. The number of nitrogens with zero attached hydrogens (tertiary/aromatic N) is 1. The second kappa shape index (κ2) is 10.6. The molecule has 0 spiro atoms. The van der Waals surface area contributed by atoms with Crippen molar-refractivity contribution in [1.82, 2.24) is 0 Å². The predicted octanol–water partition coefficient (Wildman–Crippen LogP) is 7.95. The van der Waals surface area contributed by atoms with Crippen molar-refractivity contribution in [2.45, 2.75) is 63.7 Å². The van der Waals surface area contributed by atoms with E-state index >= 15 is 0 Å². The first kappa shape index (κ1) is 22.3. The van der Waals surface area contributed by atoms with Crippen molar-refractivity contribution < 1.29 is 4.39 Å². The Balaban J connectivity index is 1.26. The van der Waals surface area contributed by atoms with Gasteiger partial charge >= 0.3 is 0 Å². The Hall–Kier alpha value is -2.92. The van der Waals surface area contributed by atoms with E-state index in [1.165, 1.54) is 54.9 Å². The van der Waals surface area contributed by atoms with Gasteiger partial charge in [-0.1, -0.05) is 67.6 Å². The first-order valence-corrected chi connectivity index (χ1v) is 11.9. The molecule has 0 amide bonds. The van der Waals surface area contributed by atoms with Crippen LogP contribution in [-0.4, -0.2) is 0 Å². The largest absolute Gasteiger partial charge is 0.206 e. The molecule has 2 heteroatoms. The van der Waals surface area contributed by atoms with Crippen molar-refractivity contribution in [2.24, 2.45) is 5.92 Å². The Morgan fingerprint density at radius 2 is 1.53 bits per heavy atom. The van der Waals surface area contributed by atoms with E-state index in [4.69, 9.17) is 5.26 Å². The van der Waals surface area contributed by atoms with Gasteiger partial charge in [-0.05, 0) is 97.1 Å². The summed E-state index contributed by atoms with van der Waals surface area (Å²) in [4.78, 5) is 0. The number of halogens is 1. The van der Waals surface area contributed by atoms with E-state index in [-0.39, 0.29) is 5.56 Å². The third kappa shape index (κ3) is 5.65. The molecule has 0 radical (unpaired) electrons. The monoisotopic (exact) mass is 425 g/mol. The summed E-state index contributed by atoms with van der Waals surface area (Å²) >= 11 is 0. The van der Waals surface area contributed by atoms with Crippen LogP contribution in [0.5, 0.6) is 0 Å². The molecule has 0 N–H and O–H groups in total. The second-order valence-corrected chi connectivity index (χ2v) is 9.43. The van der Waals surface area contributed by atoms with Crippen LogP contribution in [0.2, 0.25) is 0 Å². The molecular weight excluding hydrogens is 393 g/mol. The van der Waals surface area contributed by atoms with Gasteiger partial charge in [-0.15, -0.1) is 0 Å². The highest BCUT2D eigenvalue weighted by Gasteiger charge is 2.24. The van der Waals surface area contributed by atoms with Gasteiger partial charge in [-0.2, -0.15) is 5.26 Å². The van der Waals surface area contributed by atoms with Gasteiger partial charge in [-0.25, -0.2) is 4.39 Å². The van der Waals surface area contributed by atoms with E-state index < -0.39 is 5.82 Å². The fourth-order valence-corrected chi connectivity index (χ4v) is 5.20. The fourth-order valence-electron chi connectivity index (χ4n) is 5.20. The number of hydrogen-bond donors (Lipinski definition) is 0. The lowest BCUT2D eigenvalue weighted by molar-refractivity contribution is 0.297. The lowest BCUT2D eigenvalue weighted by Crippen LogP contribution is -2.15. The van der Waals surface area contributed by atoms with E-state index in [0.29, 0.717) is 11.8 Å². The Morgan fingerprint density at radius 1 is 0.875 bits per heavy atom. The summed E-state index contributed by atoms with van der Waals surface area (Å²) in [6.07, 6.45) is 8.20. The highest BCUT2D eigenvalue weighted by Crippen LogP contribution is 2.39. The van der Waals surface area contributed by atoms with Crippen LogP contribution in [-0.2, 0) is 12.8 Å². The molecule has 164 valence electrons. The van der Waals surface area contributed by atoms with Crippen molar-refractivity contribution in [3.63, 3.8) is 0 Å². The molecule has 0 aromatic heterocycles. The molecule has 1 fully saturated rings. The summed E-state index contributed by atoms with van der Waals surface area (Å²) < 4.78 is 13.8. The third-order valence-corrected chi connectivity index (χ3v) is 7.21. The van der Waals surface area contributed by atoms with Gasteiger partial charge in [0.05, 0.1) is 5.56 Å². The lowest BCUT2D eigenvalue weighted by atomic mass is 9.75. The molecule has 0 saturated heterocycles. The summed E-state index contributed by atoms with van der Waals surface area (Å²) in [6, 6.07) is 26.8. The molecule has 3 aromatic rings. The van der Waals surface area contributed by atoms with Crippen LogP contribution in [0.3, 0.4) is 0 Å². The molecule has 1 aliphatic rings. The second-order valence-electron chi connectivity index (χ2n) is 9.43. The van der Waals surface area contributed by atoms with Crippen LogP contribution in [0.1, 0.15) is 78.7 Å². The highest BCUT2D eigenvalue weighted by atomic mass is 19.1. The number of nitriles is 1. The zero-order valence-corrected chi connectivity index (χ0v) is 18.9. The van der Waals surface area contributed by atoms with E-state index in [0.717, 1.165) is 24.3 Å². The van der Waals surface area contributed by atoms with Gasteiger partial charge in [0.15, 0.2) is 0 Å². The van der Waals surface area contributed by atoms with Crippen molar-refractivity contribution in [3.05, 3.63) is 106 Å². The van der Waals surface area contributed by atoms with E-state index in [9.17, 15) is 4.39 Å². The summed E-state index contributed by atoms with van der Waals surface area (Å²) in [5, 5.41) is 8.86. The summed E-state index contributed by atoms with van der Waals surface area (Å²) in [7, 11) is 0. The van der Waals surface area contributed by atoms with Gasteiger partial charge in [0.2, 0.25) is 0 Å². The van der Waals surface area contributed by atoms with Gasteiger partial charge < -0.3 is 0 Å². The molecule has 1 atom stereocenters. The zero-order valence-electron chi connectivity index (χ0n) is 18.9. The molecule has 32 heavy (non-hydrogen) atoms. The molecule has 0 heterocycles. The molecular formula is C30H32FN. The molecule has 3 aromatic carbocycles. The van der Waals surface area contributed by atoms with Crippen molar-refractivity contribution in [1.29, 1.82) is 5.26 Å².